The van der Waals surface area contributed by atoms with Gasteiger partial charge in [-0.1, -0.05) is 48.9 Å². The van der Waals surface area contributed by atoms with Crippen LogP contribution in [-0.4, -0.2) is 41.9 Å². The quantitative estimate of drug-likeness (QED) is 0.455. The van der Waals surface area contributed by atoms with Gasteiger partial charge in [-0.3, -0.25) is 9.69 Å². The molecule has 1 fully saturated rings. The van der Waals surface area contributed by atoms with Gasteiger partial charge in [-0.15, -0.1) is 0 Å². The standard InChI is InChI=1S/C27H28ClFN2O2/c1-2-20-6-10-25(11-7-20)33-19-21-4-3-5-22(16-21)27(32)31-14-12-30(13-15-31)18-23-8-9-24(29)17-26(23)28/h3-11,16-17H,2,12-15,18-19H2,1H3. The van der Waals surface area contributed by atoms with Crippen molar-refractivity contribution in [3.8, 4) is 5.75 Å². The van der Waals surface area contributed by atoms with Gasteiger partial charge in [0.1, 0.15) is 18.2 Å². The van der Waals surface area contributed by atoms with Crippen LogP contribution >= 0.6 is 11.6 Å². The van der Waals surface area contributed by atoms with Gasteiger partial charge in [0.15, 0.2) is 0 Å². The molecule has 1 saturated heterocycles. The number of rotatable bonds is 7. The summed E-state index contributed by atoms with van der Waals surface area (Å²) >= 11 is 6.16. The van der Waals surface area contributed by atoms with Gasteiger partial charge in [-0.05, 0) is 59.5 Å². The molecule has 172 valence electrons. The van der Waals surface area contributed by atoms with Crippen molar-refractivity contribution < 1.29 is 13.9 Å². The minimum Gasteiger partial charge on any atom is -0.489 e. The number of piperazine rings is 1. The molecule has 1 aliphatic heterocycles. The van der Waals surface area contributed by atoms with E-state index in [0.717, 1.165) is 36.4 Å². The Hall–Kier alpha value is -2.89. The van der Waals surface area contributed by atoms with E-state index in [9.17, 15) is 9.18 Å². The number of aryl methyl sites for hydroxylation is 1. The summed E-state index contributed by atoms with van der Waals surface area (Å²) in [6, 6.07) is 20.2. The molecule has 6 heteroatoms. The molecule has 1 heterocycles. The molecule has 0 aliphatic carbocycles. The molecule has 0 atom stereocenters. The minimum absolute atomic E-state index is 0.0311. The number of hydrogen-bond acceptors (Lipinski definition) is 3. The zero-order valence-electron chi connectivity index (χ0n) is 18.8. The zero-order valence-corrected chi connectivity index (χ0v) is 19.5. The van der Waals surface area contributed by atoms with Crippen LogP contribution < -0.4 is 4.74 Å². The number of carbonyl (C=O) groups excluding carboxylic acids is 1. The first kappa shape index (κ1) is 23.3. The Morgan fingerprint density at radius 1 is 0.970 bits per heavy atom. The Bertz CT molecular complexity index is 1100. The summed E-state index contributed by atoms with van der Waals surface area (Å²) in [7, 11) is 0. The first-order valence-corrected chi connectivity index (χ1v) is 11.7. The van der Waals surface area contributed by atoms with E-state index in [2.05, 4.69) is 24.0 Å². The highest BCUT2D eigenvalue weighted by Crippen LogP contribution is 2.21. The first-order chi connectivity index (χ1) is 16.0. The van der Waals surface area contributed by atoms with Gasteiger partial charge >= 0.3 is 0 Å². The monoisotopic (exact) mass is 466 g/mol. The second kappa shape index (κ2) is 10.8. The fourth-order valence-electron chi connectivity index (χ4n) is 3.96. The second-order valence-electron chi connectivity index (χ2n) is 8.29. The van der Waals surface area contributed by atoms with Crippen molar-refractivity contribution >= 4 is 17.5 Å². The third-order valence-electron chi connectivity index (χ3n) is 5.98. The maximum atomic E-state index is 13.3. The highest BCUT2D eigenvalue weighted by molar-refractivity contribution is 6.31. The summed E-state index contributed by atoms with van der Waals surface area (Å²) in [5.74, 6) is 0.520. The molecular formula is C27H28ClFN2O2. The maximum absolute atomic E-state index is 13.3. The Morgan fingerprint density at radius 3 is 2.42 bits per heavy atom. The van der Waals surface area contributed by atoms with Crippen LogP contribution in [0.5, 0.6) is 5.75 Å². The van der Waals surface area contributed by atoms with E-state index in [1.807, 2.05) is 41.3 Å². The predicted molar refractivity (Wildman–Crippen MR) is 129 cm³/mol. The fraction of sp³-hybridized carbons (Fsp3) is 0.296. The zero-order chi connectivity index (χ0) is 23.2. The summed E-state index contributed by atoms with van der Waals surface area (Å²) < 4.78 is 19.2. The van der Waals surface area contributed by atoms with Gasteiger partial charge < -0.3 is 9.64 Å². The average Bonchev–Trinajstić information content (AvgIpc) is 2.85. The lowest BCUT2D eigenvalue weighted by atomic mass is 10.1. The van der Waals surface area contributed by atoms with Gasteiger partial charge in [0.05, 0.1) is 0 Å². The highest BCUT2D eigenvalue weighted by Gasteiger charge is 2.23. The summed E-state index contributed by atoms with van der Waals surface area (Å²) in [4.78, 5) is 17.2. The molecule has 3 aromatic carbocycles. The number of benzene rings is 3. The number of halogens is 2. The van der Waals surface area contributed by atoms with Crippen LogP contribution in [0.15, 0.2) is 66.7 Å². The molecule has 3 aromatic rings. The van der Waals surface area contributed by atoms with E-state index < -0.39 is 0 Å². The number of ether oxygens (including phenoxy) is 1. The topological polar surface area (TPSA) is 32.8 Å². The maximum Gasteiger partial charge on any atom is 0.253 e. The van der Waals surface area contributed by atoms with E-state index >= 15 is 0 Å². The van der Waals surface area contributed by atoms with Gasteiger partial charge in [-0.25, -0.2) is 4.39 Å². The largest absolute Gasteiger partial charge is 0.489 e. The lowest BCUT2D eigenvalue weighted by Gasteiger charge is -2.35. The van der Waals surface area contributed by atoms with Crippen LogP contribution in [0.1, 0.15) is 34.0 Å². The second-order valence-corrected chi connectivity index (χ2v) is 8.70. The molecule has 0 unspecified atom stereocenters. The van der Waals surface area contributed by atoms with Crippen molar-refractivity contribution in [3.63, 3.8) is 0 Å². The number of amides is 1. The van der Waals surface area contributed by atoms with Crippen molar-refractivity contribution in [2.75, 3.05) is 26.2 Å². The fourth-order valence-corrected chi connectivity index (χ4v) is 4.19. The average molecular weight is 467 g/mol. The van der Waals surface area contributed by atoms with Crippen LogP contribution in [0.3, 0.4) is 0 Å². The van der Waals surface area contributed by atoms with Crippen molar-refractivity contribution in [3.05, 3.63) is 99.8 Å². The Balaban J connectivity index is 1.31. The molecule has 0 saturated carbocycles. The van der Waals surface area contributed by atoms with E-state index in [1.165, 1.54) is 17.7 Å². The minimum atomic E-state index is -0.332. The summed E-state index contributed by atoms with van der Waals surface area (Å²) in [5, 5.41) is 0.439. The molecule has 0 aromatic heterocycles. The van der Waals surface area contributed by atoms with E-state index in [0.29, 0.717) is 36.8 Å². The lowest BCUT2D eigenvalue weighted by Crippen LogP contribution is -2.48. The third kappa shape index (κ3) is 6.12. The molecule has 4 rings (SSSR count). The summed E-state index contributed by atoms with van der Waals surface area (Å²) in [6.07, 6.45) is 0.999. The van der Waals surface area contributed by atoms with Crippen molar-refractivity contribution in [1.82, 2.24) is 9.80 Å². The molecule has 0 bridgehead atoms. The van der Waals surface area contributed by atoms with Crippen LogP contribution in [0, 0.1) is 5.82 Å². The van der Waals surface area contributed by atoms with E-state index in [1.54, 1.807) is 6.07 Å². The van der Waals surface area contributed by atoms with Crippen LogP contribution in [-0.2, 0) is 19.6 Å². The molecule has 1 aliphatic rings. The number of carbonyl (C=O) groups is 1. The van der Waals surface area contributed by atoms with Gasteiger partial charge in [0.2, 0.25) is 0 Å². The molecule has 0 radical (unpaired) electrons. The highest BCUT2D eigenvalue weighted by atomic mass is 35.5. The van der Waals surface area contributed by atoms with E-state index in [-0.39, 0.29) is 11.7 Å². The van der Waals surface area contributed by atoms with Crippen LogP contribution in [0.25, 0.3) is 0 Å². The van der Waals surface area contributed by atoms with Crippen molar-refractivity contribution in [2.45, 2.75) is 26.5 Å². The smallest absolute Gasteiger partial charge is 0.253 e. The molecule has 4 nitrogen and oxygen atoms in total. The molecule has 0 spiro atoms. The summed E-state index contributed by atoms with van der Waals surface area (Å²) in [5.41, 5.74) is 3.81. The molecule has 1 amide bonds. The van der Waals surface area contributed by atoms with E-state index in [4.69, 9.17) is 16.3 Å². The summed E-state index contributed by atoms with van der Waals surface area (Å²) in [6.45, 7) is 5.96. The van der Waals surface area contributed by atoms with Crippen molar-refractivity contribution in [1.29, 1.82) is 0 Å². The Morgan fingerprint density at radius 2 is 1.73 bits per heavy atom. The Labute approximate surface area is 199 Å². The molecular weight excluding hydrogens is 439 g/mol. The van der Waals surface area contributed by atoms with Crippen molar-refractivity contribution in [2.24, 2.45) is 0 Å². The lowest BCUT2D eigenvalue weighted by molar-refractivity contribution is 0.0628. The third-order valence-corrected chi connectivity index (χ3v) is 6.33. The predicted octanol–water partition coefficient (Wildman–Crippen LogP) is 5.58. The van der Waals surface area contributed by atoms with Crippen LogP contribution in [0.2, 0.25) is 5.02 Å². The number of nitrogens with zero attached hydrogens (tertiary/aromatic N) is 2. The molecule has 33 heavy (non-hydrogen) atoms. The number of hydrogen-bond donors (Lipinski definition) is 0. The van der Waals surface area contributed by atoms with Gasteiger partial charge in [0, 0.05) is 43.3 Å². The normalized spacial score (nSPS) is 14.3. The first-order valence-electron chi connectivity index (χ1n) is 11.3. The van der Waals surface area contributed by atoms with Crippen LogP contribution in [0.4, 0.5) is 4.39 Å². The Kier molecular flexibility index (Phi) is 7.63. The van der Waals surface area contributed by atoms with Gasteiger partial charge in [0.25, 0.3) is 5.91 Å². The molecule has 0 N–H and O–H groups in total. The van der Waals surface area contributed by atoms with Gasteiger partial charge in [-0.2, -0.15) is 0 Å². The SMILES string of the molecule is CCc1ccc(OCc2cccc(C(=O)N3CCN(Cc4ccc(F)cc4Cl)CC3)c2)cc1.